The SMILES string of the molecule is COc1cc(C=O)cc2nc(-c3cc4ccc(-c5ccc(=O)[nH]c5C)nc4n3CC3CC3)c(C)n12. The lowest BCUT2D eigenvalue weighted by Gasteiger charge is -2.11. The van der Waals surface area contributed by atoms with Crippen LogP contribution in [0.4, 0.5) is 0 Å². The molecule has 5 aromatic heterocycles. The molecule has 1 fully saturated rings. The summed E-state index contributed by atoms with van der Waals surface area (Å²) in [5.41, 5.74) is 7.24. The van der Waals surface area contributed by atoms with E-state index in [0.717, 1.165) is 57.9 Å². The van der Waals surface area contributed by atoms with Crippen molar-refractivity contribution in [3.63, 3.8) is 0 Å². The van der Waals surface area contributed by atoms with E-state index in [1.807, 2.05) is 30.4 Å². The fraction of sp³-hybridized carbons (Fsp3) is 0.259. The van der Waals surface area contributed by atoms with Gasteiger partial charge in [-0.15, -0.1) is 0 Å². The second-order valence-electron chi connectivity index (χ2n) is 9.24. The van der Waals surface area contributed by atoms with Crippen molar-refractivity contribution in [3.05, 3.63) is 69.8 Å². The number of carbonyl (C=O) groups is 1. The third-order valence-corrected chi connectivity index (χ3v) is 6.80. The van der Waals surface area contributed by atoms with Gasteiger partial charge in [0.15, 0.2) is 5.88 Å². The molecule has 5 heterocycles. The van der Waals surface area contributed by atoms with Crippen molar-refractivity contribution in [1.29, 1.82) is 0 Å². The lowest BCUT2D eigenvalue weighted by Crippen LogP contribution is -2.07. The number of aromatic amines is 1. The smallest absolute Gasteiger partial charge is 0.248 e. The summed E-state index contributed by atoms with van der Waals surface area (Å²) in [5, 5.41) is 1.03. The Kier molecular flexibility index (Phi) is 4.84. The third-order valence-electron chi connectivity index (χ3n) is 6.80. The molecule has 176 valence electrons. The summed E-state index contributed by atoms with van der Waals surface area (Å²) >= 11 is 0. The Morgan fingerprint density at radius 3 is 2.66 bits per heavy atom. The first-order valence-electron chi connectivity index (χ1n) is 11.7. The van der Waals surface area contributed by atoms with Crippen molar-refractivity contribution >= 4 is 23.0 Å². The van der Waals surface area contributed by atoms with Crippen LogP contribution >= 0.6 is 0 Å². The van der Waals surface area contributed by atoms with Crippen molar-refractivity contribution in [2.24, 2.45) is 5.92 Å². The molecule has 0 radical (unpaired) electrons. The van der Waals surface area contributed by atoms with E-state index in [0.29, 0.717) is 23.0 Å². The number of aldehydes is 1. The first-order valence-corrected chi connectivity index (χ1v) is 11.7. The fourth-order valence-corrected chi connectivity index (χ4v) is 4.83. The number of ether oxygens (including phenoxy) is 1. The van der Waals surface area contributed by atoms with Gasteiger partial charge in [-0.2, -0.15) is 0 Å². The molecule has 0 bridgehead atoms. The molecule has 35 heavy (non-hydrogen) atoms. The van der Waals surface area contributed by atoms with Gasteiger partial charge in [-0.1, -0.05) is 0 Å². The highest BCUT2D eigenvalue weighted by Crippen LogP contribution is 2.37. The highest BCUT2D eigenvalue weighted by molar-refractivity contribution is 5.87. The minimum atomic E-state index is -0.123. The number of fused-ring (bicyclic) bond motifs is 2. The minimum absolute atomic E-state index is 0.123. The van der Waals surface area contributed by atoms with Crippen LogP contribution in [0.5, 0.6) is 5.88 Å². The molecule has 1 N–H and O–H groups in total. The molecule has 8 heteroatoms. The topological polar surface area (TPSA) is 94.3 Å². The zero-order valence-electron chi connectivity index (χ0n) is 19.8. The molecule has 1 aliphatic carbocycles. The maximum absolute atomic E-state index is 11.7. The van der Waals surface area contributed by atoms with E-state index in [-0.39, 0.29) is 5.56 Å². The van der Waals surface area contributed by atoms with Gasteiger partial charge in [0.2, 0.25) is 5.56 Å². The molecular formula is C27H25N5O3. The standard InChI is InChI=1S/C27H25N5O3/c1-15-20(7-9-24(34)28-15)21-8-6-19-12-22(31(27(19)29-21)13-17-4-5-17)26-16(2)32-23(30-26)10-18(14-33)11-25(32)35-3/h6-12,14,17H,4-5,13H2,1-3H3,(H,28,34). The Balaban J connectivity index is 1.58. The number of imidazole rings is 1. The molecule has 0 aliphatic heterocycles. The number of methoxy groups -OCH3 is 1. The summed E-state index contributed by atoms with van der Waals surface area (Å²) in [6, 6.07) is 13.0. The van der Waals surface area contributed by atoms with Crippen LogP contribution < -0.4 is 10.3 Å². The molecule has 0 aromatic carbocycles. The average Bonchev–Trinajstić information content (AvgIpc) is 3.53. The van der Waals surface area contributed by atoms with E-state index in [9.17, 15) is 9.59 Å². The van der Waals surface area contributed by atoms with Crippen molar-refractivity contribution < 1.29 is 9.53 Å². The van der Waals surface area contributed by atoms with Crippen molar-refractivity contribution in [2.45, 2.75) is 33.2 Å². The summed E-state index contributed by atoms with van der Waals surface area (Å²) in [4.78, 5) is 36.0. The Bertz CT molecular complexity index is 1690. The van der Waals surface area contributed by atoms with Crippen LogP contribution in [0.15, 0.2) is 47.3 Å². The van der Waals surface area contributed by atoms with Crippen LogP contribution in [-0.4, -0.2) is 37.3 Å². The molecule has 6 rings (SSSR count). The molecule has 0 unspecified atom stereocenters. The van der Waals surface area contributed by atoms with Crippen LogP contribution in [0.3, 0.4) is 0 Å². The van der Waals surface area contributed by atoms with Gasteiger partial charge in [0, 0.05) is 40.9 Å². The van der Waals surface area contributed by atoms with Crippen LogP contribution in [0, 0.1) is 19.8 Å². The van der Waals surface area contributed by atoms with Crippen molar-refractivity contribution in [3.8, 4) is 28.5 Å². The molecular weight excluding hydrogens is 442 g/mol. The summed E-state index contributed by atoms with van der Waals surface area (Å²) in [5.74, 6) is 1.19. The van der Waals surface area contributed by atoms with Gasteiger partial charge >= 0.3 is 0 Å². The number of nitrogens with zero attached hydrogens (tertiary/aromatic N) is 4. The molecule has 0 amide bonds. The van der Waals surface area contributed by atoms with Crippen LogP contribution in [0.25, 0.3) is 39.3 Å². The third kappa shape index (κ3) is 3.53. The Labute approximate surface area is 201 Å². The number of H-pyrrole nitrogens is 1. The normalized spacial score (nSPS) is 13.6. The van der Waals surface area contributed by atoms with Crippen LogP contribution in [0.1, 0.15) is 34.6 Å². The Hall–Kier alpha value is -4.20. The zero-order valence-corrected chi connectivity index (χ0v) is 19.8. The minimum Gasteiger partial charge on any atom is -0.482 e. The van der Waals surface area contributed by atoms with E-state index in [1.165, 1.54) is 18.9 Å². The number of hydrogen-bond acceptors (Lipinski definition) is 5. The molecule has 0 atom stereocenters. The largest absolute Gasteiger partial charge is 0.482 e. The number of aryl methyl sites for hydroxylation is 2. The molecule has 1 aliphatic rings. The fourth-order valence-electron chi connectivity index (χ4n) is 4.83. The van der Waals surface area contributed by atoms with E-state index in [2.05, 4.69) is 21.7 Å². The average molecular weight is 468 g/mol. The monoisotopic (exact) mass is 467 g/mol. The number of pyridine rings is 3. The summed E-state index contributed by atoms with van der Waals surface area (Å²) in [6.45, 7) is 4.77. The van der Waals surface area contributed by atoms with Crippen molar-refractivity contribution in [2.75, 3.05) is 7.11 Å². The second kappa shape index (κ2) is 7.94. The predicted molar refractivity (Wildman–Crippen MR) is 134 cm³/mol. The molecule has 0 saturated heterocycles. The summed E-state index contributed by atoms with van der Waals surface area (Å²) < 4.78 is 9.77. The number of hydrogen-bond donors (Lipinski definition) is 1. The predicted octanol–water partition coefficient (Wildman–Crippen LogP) is 4.55. The van der Waals surface area contributed by atoms with Gasteiger partial charge in [0.25, 0.3) is 0 Å². The van der Waals surface area contributed by atoms with E-state index in [4.69, 9.17) is 14.7 Å². The number of aromatic nitrogens is 5. The highest BCUT2D eigenvalue weighted by atomic mass is 16.5. The van der Waals surface area contributed by atoms with E-state index >= 15 is 0 Å². The van der Waals surface area contributed by atoms with Gasteiger partial charge in [-0.25, -0.2) is 9.97 Å². The molecule has 1 saturated carbocycles. The Morgan fingerprint density at radius 1 is 1.11 bits per heavy atom. The van der Waals surface area contributed by atoms with E-state index in [1.54, 1.807) is 19.2 Å². The molecule has 8 nitrogen and oxygen atoms in total. The number of nitrogens with one attached hydrogen (secondary N) is 1. The second-order valence-corrected chi connectivity index (χ2v) is 9.24. The van der Waals surface area contributed by atoms with Crippen LogP contribution in [0.2, 0.25) is 0 Å². The maximum Gasteiger partial charge on any atom is 0.248 e. The molecule has 5 aromatic rings. The summed E-state index contributed by atoms with van der Waals surface area (Å²) in [7, 11) is 1.59. The van der Waals surface area contributed by atoms with E-state index < -0.39 is 0 Å². The quantitative estimate of drug-likeness (QED) is 0.370. The highest BCUT2D eigenvalue weighted by Gasteiger charge is 2.26. The zero-order chi connectivity index (χ0) is 24.3. The van der Waals surface area contributed by atoms with Crippen LogP contribution in [-0.2, 0) is 6.54 Å². The van der Waals surface area contributed by atoms with Gasteiger partial charge < -0.3 is 14.3 Å². The van der Waals surface area contributed by atoms with Gasteiger partial charge in [0.1, 0.15) is 23.3 Å². The van der Waals surface area contributed by atoms with Gasteiger partial charge in [-0.3, -0.25) is 14.0 Å². The first kappa shape index (κ1) is 21.3. The Morgan fingerprint density at radius 2 is 1.94 bits per heavy atom. The van der Waals surface area contributed by atoms with Crippen molar-refractivity contribution in [1.82, 2.24) is 23.9 Å². The first-order chi connectivity index (χ1) is 17.0. The summed E-state index contributed by atoms with van der Waals surface area (Å²) in [6.07, 6.45) is 3.22. The number of rotatable bonds is 6. The lowest BCUT2D eigenvalue weighted by atomic mass is 10.1. The number of carbonyl (C=O) groups excluding carboxylic acids is 1. The van der Waals surface area contributed by atoms with Gasteiger partial charge in [0.05, 0.1) is 24.2 Å². The lowest BCUT2D eigenvalue weighted by molar-refractivity contribution is 0.112. The van der Waals surface area contributed by atoms with Gasteiger partial charge in [-0.05, 0) is 62.9 Å². The maximum atomic E-state index is 11.7. The molecule has 0 spiro atoms.